The van der Waals surface area contributed by atoms with Gasteiger partial charge in [-0.1, -0.05) is 0 Å². The molecule has 1 fully saturated rings. The van der Waals surface area contributed by atoms with Gasteiger partial charge in [0.25, 0.3) is 5.92 Å². The fourth-order valence-corrected chi connectivity index (χ4v) is 2.88. The highest BCUT2D eigenvalue weighted by atomic mass is 19.3. The molecule has 0 atom stereocenters. The third kappa shape index (κ3) is 4.57. The highest BCUT2D eigenvalue weighted by molar-refractivity contribution is 6.14. The number of hydroxylamine groups is 2. The van der Waals surface area contributed by atoms with Crippen molar-refractivity contribution in [3.05, 3.63) is 47.9 Å². The lowest BCUT2D eigenvalue weighted by Gasteiger charge is -2.15. The van der Waals surface area contributed by atoms with Gasteiger partial charge in [-0.05, 0) is 12.1 Å². The van der Waals surface area contributed by atoms with Crippen molar-refractivity contribution in [3.63, 3.8) is 0 Å². The van der Waals surface area contributed by atoms with Gasteiger partial charge in [0.15, 0.2) is 0 Å². The highest BCUT2D eigenvalue weighted by Gasteiger charge is 2.39. The summed E-state index contributed by atoms with van der Waals surface area (Å²) in [5.74, 6) is -3.41. The fourth-order valence-electron chi connectivity index (χ4n) is 2.88. The monoisotopic (exact) mass is 407 g/mol. The molecule has 1 aromatic heterocycles. The van der Waals surface area contributed by atoms with Crippen molar-refractivity contribution in [3.8, 4) is 11.1 Å². The molecule has 2 aromatic rings. The van der Waals surface area contributed by atoms with E-state index in [9.17, 15) is 13.2 Å². The van der Waals surface area contributed by atoms with E-state index in [1.165, 1.54) is 16.9 Å². The zero-order valence-electron chi connectivity index (χ0n) is 15.6. The van der Waals surface area contributed by atoms with Crippen molar-refractivity contribution in [2.75, 3.05) is 18.8 Å². The fraction of sp³-hybridized carbons (Fsp3) is 0.278. The maximum Gasteiger partial charge on any atom is 0.265 e. The Morgan fingerprint density at radius 1 is 1.41 bits per heavy atom. The third-order valence-electron chi connectivity index (χ3n) is 4.34. The standard InChI is InChI=1S/C18H20F3N7O/c1-27-7-11(6-26-27)12-4-13(15(23)5-14(12)19)17(24)16(25-10-22)8-29-28-3-2-18(20,21)9-28/h4-8,10,24H,2-3,9,23H2,1H3,(H2,22,25)/b16-8-,24-17?. The number of nitrogens with one attached hydrogen (secondary N) is 1. The van der Waals surface area contributed by atoms with Crippen molar-refractivity contribution in [1.82, 2.24) is 14.8 Å². The number of nitrogen functional groups attached to an aromatic ring is 1. The SMILES string of the molecule is Cn1cc(-c2cc(C(=N)/C(=C/ON3CCC(F)(F)C3)N=CN)c(N)cc2F)cn1. The molecule has 1 aromatic carbocycles. The minimum Gasteiger partial charge on any atom is -0.411 e. The van der Waals surface area contributed by atoms with E-state index in [1.54, 1.807) is 13.2 Å². The molecule has 0 amide bonds. The van der Waals surface area contributed by atoms with Crippen molar-refractivity contribution in [2.45, 2.75) is 12.3 Å². The van der Waals surface area contributed by atoms with Gasteiger partial charge in [-0.15, -0.1) is 5.06 Å². The summed E-state index contributed by atoms with van der Waals surface area (Å²) in [5, 5.41) is 13.5. The number of allylic oxidation sites excluding steroid dienone is 1. The first-order valence-corrected chi connectivity index (χ1v) is 8.61. The Balaban J connectivity index is 1.91. The van der Waals surface area contributed by atoms with Crippen LogP contribution in [0.1, 0.15) is 12.0 Å². The van der Waals surface area contributed by atoms with Gasteiger partial charge in [-0.25, -0.2) is 18.2 Å². The molecule has 0 spiro atoms. The molecule has 3 rings (SSSR count). The summed E-state index contributed by atoms with van der Waals surface area (Å²) in [5.41, 5.74) is 11.9. The molecule has 1 saturated heterocycles. The van der Waals surface area contributed by atoms with Crippen molar-refractivity contribution < 1.29 is 18.0 Å². The molecule has 29 heavy (non-hydrogen) atoms. The van der Waals surface area contributed by atoms with Gasteiger partial charge in [0.05, 0.1) is 24.8 Å². The summed E-state index contributed by atoms with van der Waals surface area (Å²) in [6.45, 7) is -0.541. The number of nitrogens with zero attached hydrogens (tertiary/aromatic N) is 4. The first kappa shape index (κ1) is 20.4. The molecule has 2 heterocycles. The molecule has 0 unspecified atom stereocenters. The van der Waals surface area contributed by atoms with Gasteiger partial charge in [0.2, 0.25) is 0 Å². The number of alkyl halides is 2. The van der Waals surface area contributed by atoms with Crippen LogP contribution in [0.3, 0.4) is 0 Å². The van der Waals surface area contributed by atoms with E-state index < -0.39 is 18.3 Å². The molecule has 8 nitrogen and oxygen atoms in total. The Kier molecular flexibility index (Phi) is 5.59. The van der Waals surface area contributed by atoms with Crippen LogP contribution >= 0.6 is 0 Å². The summed E-state index contributed by atoms with van der Waals surface area (Å²) in [7, 11) is 1.69. The van der Waals surface area contributed by atoms with Gasteiger partial charge >= 0.3 is 0 Å². The Morgan fingerprint density at radius 2 is 2.17 bits per heavy atom. The van der Waals surface area contributed by atoms with Gasteiger partial charge in [0.1, 0.15) is 17.8 Å². The van der Waals surface area contributed by atoms with E-state index in [4.69, 9.17) is 21.7 Å². The van der Waals surface area contributed by atoms with Crippen LogP contribution in [0.4, 0.5) is 18.9 Å². The number of nitrogens with two attached hydrogens (primary N) is 2. The lowest BCUT2D eigenvalue weighted by Crippen LogP contribution is -2.24. The van der Waals surface area contributed by atoms with Crippen LogP contribution in [0, 0.1) is 11.2 Å². The quantitative estimate of drug-likeness (QED) is 0.294. The van der Waals surface area contributed by atoms with Gasteiger partial charge < -0.3 is 16.3 Å². The third-order valence-corrected chi connectivity index (χ3v) is 4.34. The van der Waals surface area contributed by atoms with E-state index in [0.29, 0.717) is 5.56 Å². The summed E-state index contributed by atoms with van der Waals surface area (Å²) < 4.78 is 42.5. The van der Waals surface area contributed by atoms with Crippen LogP contribution in [-0.2, 0) is 11.9 Å². The highest BCUT2D eigenvalue weighted by Crippen LogP contribution is 2.30. The smallest absolute Gasteiger partial charge is 0.265 e. The Labute approximate surface area is 164 Å². The zero-order chi connectivity index (χ0) is 21.2. The summed E-state index contributed by atoms with van der Waals surface area (Å²) in [4.78, 5) is 9.08. The minimum atomic E-state index is -2.83. The average Bonchev–Trinajstić information content (AvgIpc) is 3.23. The predicted molar refractivity (Wildman–Crippen MR) is 103 cm³/mol. The van der Waals surface area contributed by atoms with Crippen LogP contribution in [0.15, 0.2) is 41.5 Å². The maximum absolute atomic E-state index is 14.4. The maximum atomic E-state index is 14.4. The number of hydrogen-bond acceptors (Lipinski definition) is 6. The topological polar surface area (TPSA) is 119 Å². The van der Waals surface area contributed by atoms with Crippen molar-refractivity contribution in [2.24, 2.45) is 17.8 Å². The van der Waals surface area contributed by atoms with Crippen LogP contribution in [0.2, 0.25) is 0 Å². The Bertz CT molecular complexity index is 984. The van der Waals surface area contributed by atoms with Gasteiger partial charge in [0, 0.05) is 48.6 Å². The Morgan fingerprint density at radius 3 is 2.76 bits per heavy atom. The predicted octanol–water partition coefficient (Wildman–Crippen LogP) is 2.28. The normalized spacial score (nSPS) is 17.2. The molecule has 0 aliphatic carbocycles. The number of aromatic nitrogens is 2. The summed E-state index contributed by atoms with van der Waals surface area (Å²) in [6, 6.07) is 2.49. The number of halogens is 3. The molecular formula is C18H20F3N7O. The molecule has 11 heteroatoms. The number of hydrogen-bond donors (Lipinski definition) is 3. The minimum absolute atomic E-state index is 0.00553. The number of aliphatic imine (C=N–C) groups is 1. The van der Waals surface area contributed by atoms with E-state index in [1.807, 2.05) is 0 Å². The number of rotatable bonds is 6. The second kappa shape index (κ2) is 7.95. The Hall–Kier alpha value is -3.34. The van der Waals surface area contributed by atoms with Crippen LogP contribution in [-0.4, -0.2) is 45.9 Å². The second-order valence-corrected chi connectivity index (χ2v) is 6.55. The van der Waals surface area contributed by atoms with E-state index in [0.717, 1.165) is 23.7 Å². The lowest BCUT2D eigenvalue weighted by atomic mass is 9.99. The molecule has 0 radical (unpaired) electrons. The summed E-state index contributed by atoms with van der Waals surface area (Å²) >= 11 is 0. The van der Waals surface area contributed by atoms with Crippen LogP contribution < -0.4 is 11.5 Å². The molecule has 154 valence electrons. The van der Waals surface area contributed by atoms with E-state index >= 15 is 0 Å². The van der Waals surface area contributed by atoms with Gasteiger partial charge in [-0.2, -0.15) is 5.10 Å². The van der Waals surface area contributed by atoms with Crippen molar-refractivity contribution >= 4 is 17.7 Å². The van der Waals surface area contributed by atoms with Crippen molar-refractivity contribution in [1.29, 1.82) is 5.41 Å². The first-order chi connectivity index (χ1) is 13.7. The number of aryl methyl sites for hydroxylation is 1. The lowest BCUT2D eigenvalue weighted by molar-refractivity contribution is -0.109. The largest absolute Gasteiger partial charge is 0.411 e. The molecular weight excluding hydrogens is 387 g/mol. The average molecular weight is 407 g/mol. The molecule has 0 saturated carbocycles. The van der Waals surface area contributed by atoms with E-state index in [2.05, 4.69) is 10.1 Å². The van der Waals surface area contributed by atoms with Crippen LogP contribution in [0.25, 0.3) is 11.1 Å². The molecule has 5 N–H and O–H groups in total. The number of anilines is 1. The second-order valence-electron chi connectivity index (χ2n) is 6.55. The first-order valence-electron chi connectivity index (χ1n) is 8.61. The summed E-state index contributed by atoms with van der Waals surface area (Å²) in [6.07, 6.45) is 4.75. The number of benzene rings is 1. The molecule has 1 aliphatic heterocycles. The molecule has 0 bridgehead atoms. The zero-order valence-corrected chi connectivity index (χ0v) is 15.6. The van der Waals surface area contributed by atoms with E-state index in [-0.39, 0.29) is 41.2 Å². The molecule has 1 aliphatic rings. The van der Waals surface area contributed by atoms with Crippen LogP contribution in [0.5, 0.6) is 0 Å². The van der Waals surface area contributed by atoms with Gasteiger partial charge in [-0.3, -0.25) is 10.1 Å².